The predicted octanol–water partition coefficient (Wildman–Crippen LogP) is 3.16. The van der Waals surface area contributed by atoms with Crippen LogP contribution in [-0.4, -0.2) is 8.42 Å². The molecule has 0 saturated heterocycles. The van der Waals surface area contributed by atoms with E-state index < -0.39 is 15.7 Å². The van der Waals surface area contributed by atoms with Gasteiger partial charge in [-0.05, 0) is 35.9 Å². The maximum atomic E-state index is 12.8. The zero-order chi connectivity index (χ0) is 14.6. The quantitative estimate of drug-likeness (QED) is 0.643. The monoisotopic (exact) mass is 287 g/mol. The van der Waals surface area contributed by atoms with E-state index in [1.807, 2.05) is 0 Å². The number of halogens is 1. The number of hydrogen-bond acceptors (Lipinski definition) is 3. The van der Waals surface area contributed by atoms with E-state index in [2.05, 4.69) is 0 Å². The van der Waals surface area contributed by atoms with Crippen molar-refractivity contribution in [2.75, 3.05) is 0 Å². The first-order chi connectivity index (χ1) is 9.54. The Balaban J connectivity index is 2.49. The Kier molecular flexibility index (Phi) is 3.97. The average molecular weight is 287 g/mol. The van der Waals surface area contributed by atoms with Crippen molar-refractivity contribution in [2.24, 2.45) is 0 Å². The van der Waals surface area contributed by atoms with Gasteiger partial charge in [-0.15, -0.1) is 0 Å². The summed E-state index contributed by atoms with van der Waals surface area (Å²) < 4.78 is 37.4. The summed E-state index contributed by atoms with van der Waals surface area (Å²) in [5.41, 5.74) is 0.606. The maximum Gasteiger partial charge on any atom is 0.216 e. The van der Waals surface area contributed by atoms with E-state index >= 15 is 0 Å². The van der Waals surface area contributed by atoms with E-state index in [0.29, 0.717) is 5.56 Å². The minimum Gasteiger partial charge on any atom is -0.218 e. The van der Waals surface area contributed by atoms with Crippen molar-refractivity contribution in [3.05, 3.63) is 70.9 Å². The summed E-state index contributed by atoms with van der Waals surface area (Å²) >= 11 is 0. The second kappa shape index (κ2) is 5.68. The minimum atomic E-state index is -3.93. The van der Waals surface area contributed by atoms with Crippen LogP contribution in [0, 0.1) is 17.1 Å². The fourth-order valence-corrected chi connectivity index (χ4v) is 2.77. The molecule has 0 aliphatic heterocycles. The largest absolute Gasteiger partial charge is 0.218 e. The van der Waals surface area contributed by atoms with E-state index in [-0.39, 0.29) is 9.80 Å². The molecule has 0 aromatic heterocycles. The molecule has 0 heterocycles. The zero-order valence-corrected chi connectivity index (χ0v) is 11.1. The molecule has 0 aliphatic carbocycles. The molecule has 5 heteroatoms. The molecule has 0 radical (unpaired) electrons. The van der Waals surface area contributed by atoms with E-state index in [1.54, 1.807) is 36.4 Å². The van der Waals surface area contributed by atoms with Crippen LogP contribution in [0.3, 0.4) is 0 Å². The van der Waals surface area contributed by atoms with Crippen LogP contribution >= 0.6 is 0 Å². The highest BCUT2D eigenvalue weighted by Crippen LogP contribution is 2.21. The molecular formula is C15H10FNO2S. The Bertz CT molecular complexity index is 773. The van der Waals surface area contributed by atoms with E-state index in [9.17, 15) is 12.8 Å². The Morgan fingerprint density at radius 3 is 2.20 bits per heavy atom. The molecule has 2 aromatic rings. The lowest BCUT2D eigenvalue weighted by Crippen LogP contribution is -2.03. The van der Waals surface area contributed by atoms with Gasteiger partial charge in [0.05, 0.1) is 4.90 Å². The smallest absolute Gasteiger partial charge is 0.216 e. The highest BCUT2D eigenvalue weighted by Gasteiger charge is 2.20. The lowest BCUT2D eigenvalue weighted by Gasteiger charge is -2.03. The van der Waals surface area contributed by atoms with E-state index in [0.717, 1.165) is 24.3 Å². The van der Waals surface area contributed by atoms with Crippen molar-refractivity contribution in [3.8, 4) is 6.07 Å². The normalized spacial score (nSPS) is 11.9. The lowest BCUT2D eigenvalue weighted by molar-refractivity contribution is 0.601. The summed E-state index contributed by atoms with van der Waals surface area (Å²) in [6.45, 7) is 0. The van der Waals surface area contributed by atoms with Crippen LogP contribution in [0.5, 0.6) is 0 Å². The van der Waals surface area contributed by atoms with Crippen LogP contribution < -0.4 is 0 Å². The van der Waals surface area contributed by atoms with Crippen LogP contribution in [-0.2, 0) is 9.84 Å². The third-order valence-electron chi connectivity index (χ3n) is 2.62. The summed E-state index contributed by atoms with van der Waals surface area (Å²) in [6.07, 6.45) is 1.29. The third-order valence-corrected chi connectivity index (χ3v) is 4.30. The number of nitriles is 1. The zero-order valence-electron chi connectivity index (χ0n) is 10.3. The third kappa shape index (κ3) is 2.92. The van der Waals surface area contributed by atoms with Crippen molar-refractivity contribution < 1.29 is 12.8 Å². The molecule has 3 nitrogen and oxygen atoms in total. The van der Waals surface area contributed by atoms with Crippen LogP contribution in [0.25, 0.3) is 6.08 Å². The molecule has 20 heavy (non-hydrogen) atoms. The van der Waals surface area contributed by atoms with Gasteiger partial charge in [-0.3, -0.25) is 0 Å². The first-order valence-corrected chi connectivity index (χ1v) is 7.20. The van der Waals surface area contributed by atoms with Crippen LogP contribution in [0.2, 0.25) is 0 Å². The molecule has 0 unspecified atom stereocenters. The summed E-state index contributed by atoms with van der Waals surface area (Å²) in [5, 5.41) is 9.07. The number of nitrogens with zero attached hydrogens (tertiary/aromatic N) is 1. The Labute approximate surface area is 116 Å². The van der Waals surface area contributed by atoms with Crippen LogP contribution in [0.15, 0.2) is 64.4 Å². The topological polar surface area (TPSA) is 57.9 Å². The fourth-order valence-electron chi connectivity index (χ4n) is 1.61. The van der Waals surface area contributed by atoms with Crippen molar-refractivity contribution >= 4 is 15.9 Å². The fraction of sp³-hybridized carbons (Fsp3) is 0. The second-order valence-electron chi connectivity index (χ2n) is 3.99. The summed E-state index contributed by atoms with van der Waals surface area (Å²) in [7, 11) is -3.93. The molecule has 0 atom stereocenters. The van der Waals surface area contributed by atoms with Gasteiger partial charge in [-0.1, -0.05) is 30.3 Å². The standard InChI is InChI=1S/C15H10FNO2S/c16-13-6-8-14(9-7-13)20(18,19)15(11-17)10-12-4-2-1-3-5-12/h1-10H/b15-10+. The molecule has 0 amide bonds. The molecule has 0 aliphatic rings. The van der Waals surface area contributed by atoms with E-state index in [4.69, 9.17) is 5.26 Å². The SMILES string of the molecule is N#C/C(=C\c1ccccc1)S(=O)(=O)c1ccc(F)cc1. The molecular weight excluding hydrogens is 277 g/mol. The molecule has 0 fully saturated rings. The van der Waals surface area contributed by atoms with Gasteiger partial charge in [0.2, 0.25) is 9.84 Å². The van der Waals surface area contributed by atoms with Gasteiger partial charge < -0.3 is 0 Å². The number of benzene rings is 2. The molecule has 100 valence electrons. The summed E-state index contributed by atoms with van der Waals surface area (Å²) in [6, 6.07) is 14.7. The first-order valence-electron chi connectivity index (χ1n) is 5.71. The van der Waals surface area contributed by atoms with Crippen molar-refractivity contribution in [3.63, 3.8) is 0 Å². The number of allylic oxidation sites excluding steroid dienone is 1. The molecule has 2 aromatic carbocycles. The summed E-state index contributed by atoms with van der Waals surface area (Å²) in [5.74, 6) is -0.533. The lowest BCUT2D eigenvalue weighted by atomic mass is 10.2. The number of rotatable bonds is 3. The molecule has 2 rings (SSSR count). The Morgan fingerprint density at radius 2 is 1.65 bits per heavy atom. The van der Waals surface area contributed by atoms with Gasteiger partial charge in [0, 0.05) is 0 Å². The van der Waals surface area contributed by atoms with E-state index in [1.165, 1.54) is 6.08 Å². The van der Waals surface area contributed by atoms with Gasteiger partial charge in [0.25, 0.3) is 0 Å². The van der Waals surface area contributed by atoms with Gasteiger partial charge in [0.1, 0.15) is 16.8 Å². The Hall–Kier alpha value is -2.45. The first kappa shape index (κ1) is 14.0. The second-order valence-corrected chi connectivity index (χ2v) is 5.91. The van der Waals surface area contributed by atoms with Gasteiger partial charge in [0.15, 0.2) is 0 Å². The number of hydrogen-bond donors (Lipinski definition) is 0. The highest BCUT2D eigenvalue weighted by molar-refractivity contribution is 7.95. The minimum absolute atomic E-state index is 0.109. The molecule has 0 bridgehead atoms. The van der Waals surface area contributed by atoms with Crippen molar-refractivity contribution in [1.29, 1.82) is 5.26 Å². The molecule has 0 saturated carbocycles. The van der Waals surface area contributed by atoms with Crippen molar-refractivity contribution in [2.45, 2.75) is 4.90 Å². The number of sulfone groups is 1. The summed E-state index contributed by atoms with van der Waals surface area (Å²) in [4.78, 5) is -0.488. The molecule has 0 spiro atoms. The molecule has 0 N–H and O–H groups in total. The Morgan fingerprint density at radius 1 is 1.05 bits per heavy atom. The van der Waals surface area contributed by atoms with Crippen LogP contribution in [0.4, 0.5) is 4.39 Å². The van der Waals surface area contributed by atoms with Gasteiger partial charge >= 0.3 is 0 Å². The predicted molar refractivity (Wildman–Crippen MR) is 73.6 cm³/mol. The average Bonchev–Trinajstić information content (AvgIpc) is 2.46. The van der Waals surface area contributed by atoms with Gasteiger partial charge in [-0.25, -0.2) is 12.8 Å². The highest BCUT2D eigenvalue weighted by atomic mass is 32.2. The van der Waals surface area contributed by atoms with Gasteiger partial charge in [-0.2, -0.15) is 5.26 Å². The van der Waals surface area contributed by atoms with Crippen LogP contribution in [0.1, 0.15) is 5.56 Å². The maximum absolute atomic E-state index is 12.8. The van der Waals surface area contributed by atoms with Crippen molar-refractivity contribution in [1.82, 2.24) is 0 Å².